The predicted octanol–water partition coefficient (Wildman–Crippen LogP) is 2.85. The maximum Gasteiger partial charge on any atom is 0.243 e. The van der Waals surface area contributed by atoms with Crippen LogP contribution < -0.4 is 10.0 Å². The Bertz CT molecular complexity index is 830. The average Bonchev–Trinajstić information content (AvgIpc) is 2.66. The molecule has 0 aliphatic heterocycles. The first-order chi connectivity index (χ1) is 12.9. The van der Waals surface area contributed by atoms with Crippen molar-refractivity contribution < 1.29 is 18.3 Å². The van der Waals surface area contributed by atoms with Gasteiger partial charge >= 0.3 is 0 Å². The number of anilines is 1. The van der Waals surface area contributed by atoms with Gasteiger partial charge in [0.25, 0.3) is 0 Å². The molecule has 0 aromatic heterocycles. The van der Waals surface area contributed by atoms with Gasteiger partial charge in [-0.3, -0.25) is 0 Å². The Kier molecular flexibility index (Phi) is 7.38. The fourth-order valence-corrected chi connectivity index (χ4v) is 4.45. The van der Waals surface area contributed by atoms with Crippen LogP contribution in [0.4, 0.5) is 10.5 Å². The lowest BCUT2D eigenvalue weighted by molar-refractivity contribution is -0.246. The second-order valence-electron chi connectivity index (χ2n) is 6.24. The molecule has 2 aromatic rings. The Labute approximate surface area is 161 Å². The molecule has 1 amide bonds. The highest BCUT2D eigenvalue weighted by atomic mass is 32.2. The van der Waals surface area contributed by atoms with E-state index < -0.39 is 16.1 Å². The molecular formula is C20H25N2O4S-. The highest BCUT2D eigenvalue weighted by molar-refractivity contribution is 7.89. The monoisotopic (exact) mass is 389 g/mol. The standard InChI is InChI=1S/C20H26N2O4S/c1-3-14-21(15-4-2)27(25,26)19-12-10-18(11-13-19)22(20(23)24)16-17-8-6-5-7-9-17/h5-13H,3-4,14-16H2,1-2H3,(H,23,24)/p-1. The predicted molar refractivity (Wildman–Crippen MR) is 104 cm³/mol. The van der Waals surface area contributed by atoms with Crippen molar-refractivity contribution >= 4 is 21.8 Å². The molecule has 2 aromatic carbocycles. The smallest absolute Gasteiger partial charge is 0.243 e. The molecule has 146 valence electrons. The van der Waals surface area contributed by atoms with Gasteiger partial charge in [0.1, 0.15) is 6.09 Å². The highest BCUT2D eigenvalue weighted by Crippen LogP contribution is 2.22. The third kappa shape index (κ3) is 5.30. The number of nitrogens with zero attached hydrogens (tertiary/aromatic N) is 2. The Morgan fingerprint density at radius 1 is 0.926 bits per heavy atom. The summed E-state index contributed by atoms with van der Waals surface area (Å²) >= 11 is 0. The molecule has 0 aliphatic carbocycles. The molecule has 0 unspecified atom stereocenters. The first kappa shape index (κ1) is 20.9. The van der Waals surface area contributed by atoms with E-state index in [-0.39, 0.29) is 11.4 Å². The van der Waals surface area contributed by atoms with Crippen LogP contribution in [0.2, 0.25) is 0 Å². The van der Waals surface area contributed by atoms with Crippen molar-refractivity contribution in [2.75, 3.05) is 18.0 Å². The van der Waals surface area contributed by atoms with E-state index >= 15 is 0 Å². The molecule has 0 bridgehead atoms. The Morgan fingerprint density at radius 3 is 1.96 bits per heavy atom. The number of hydrogen-bond donors (Lipinski definition) is 0. The Balaban J connectivity index is 2.27. The summed E-state index contributed by atoms with van der Waals surface area (Å²) in [5.74, 6) is 0. The molecule has 0 aliphatic rings. The maximum atomic E-state index is 12.8. The maximum absolute atomic E-state index is 12.8. The second-order valence-corrected chi connectivity index (χ2v) is 8.17. The summed E-state index contributed by atoms with van der Waals surface area (Å²) in [6.45, 7) is 4.91. The molecule has 6 nitrogen and oxygen atoms in total. The van der Waals surface area contributed by atoms with Gasteiger partial charge in [-0.25, -0.2) is 8.42 Å². The number of hydrogen-bond acceptors (Lipinski definition) is 4. The number of benzene rings is 2. The van der Waals surface area contributed by atoms with Crippen LogP contribution in [-0.4, -0.2) is 31.9 Å². The van der Waals surface area contributed by atoms with E-state index in [4.69, 9.17) is 0 Å². The third-order valence-corrected chi connectivity index (χ3v) is 6.05. The lowest BCUT2D eigenvalue weighted by Gasteiger charge is -2.26. The summed E-state index contributed by atoms with van der Waals surface area (Å²) in [5.41, 5.74) is 1.19. The van der Waals surface area contributed by atoms with Gasteiger partial charge in [-0.05, 0) is 42.7 Å². The van der Waals surface area contributed by atoms with E-state index in [2.05, 4.69) is 0 Å². The summed E-state index contributed by atoms with van der Waals surface area (Å²) in [5, 5.41) is 11.6. The van der Waals surface area contributed by atoms with Crippen LogP contribution in [0, 0.1) is 0 Å². The van der Waals surface area contributed by atoms with E-state index in [1.165, 1.54) is 28.6 Å². The molecule has 27 heavy (non-hydrogen) atoms. The number of amides is 1. The SMILES string of the molecule is CCCN(CCC)S(=O)(=O)c1ccc(N(Cc2ccccc2)C(=O)[O-])cc1. The summed E-state index contributed by atoms with van der Waals surface area (Å²) < 4.78 is 27.1. The molecule has 0 atom stereocenters. The number of sulfonamides is 1. The summed E-state index contributed by atoms with van der Waals surface area (Å²) in [6, 6.07) is 15.1. The van der Waals surface area contributed by atoms with Crippen molar-refractivity contribution in [2.45, 2.75) is 38.1 Å². The van der Waals surface area contributed by atoms with Crippen LogP contribution in [0.3, 0.4) is 0 Å². The molecular weight excluding hydrogens is 364 g/mol. The zero-order valence-electron chi connectivity index (χ0n) is 15.7. The minimum absolute atomic E-state index is 0.132. The van der Waals surface area contributed by atoms with Crippen molar-refractivity contribution in [1.82, 2.24) is 4.31 Å². The van der Waals surface area contributed by atoms with Gasteiger partial charge in [-0.15, -0.1) is 0 Å². The quantitative estimate of drug-likeness (QED) is 0.660. The minimum Gasteiger partial charge on any atom is -0.530 e. The molecule has 0 spiro atoms. The van der Waals surface area contributed by atoms with Crippen molar-refractivity contribution in [3.05, 3.63) is 60.2 Å². The number of carboxylic acid groups (broad SMARTS) is 1. The van der Waals surface area contributed by atoms with Crippen molar-refractivity contribution in [1.29, 1.82) is 0 Å². The van der Waals surface area contributed by atoms with Gasteiger partial charge in [-0.1, -0.05) is 44.2 Å². The molecule has 0 fully saturated rings. The lowest BCUT2D eigenvalue weighted by atomic mass is 10.2. The Hall–Kier alpha value is -2.38. The topological polar surface area (TPSA) is 80.8 Å². The summed E-state index contributed by atoms with van der Waals surface area (Å²) in [6.07, 6.45) is 0.118. The zero-order chi connectivity index (χ0) is 19.9. The Morgan fingerprint density at radius 2 is 1.48 bits per heavy atom. The fourth-order valence-electron chi connectivity index (χ4n) is 2.83. The van der Waals surface area contributed by atoms with Crippen LogP contribution in [0.1, 0.15) is 32.3 Å². The molecule has 2 rings (SSSR count). The van der Waals surface area contributed by atoms with Crippen LogP contribution in [0.15, 0.2) is 59.5 Å². The van der Waals surface area contributed by atoms with Gasteiger partial charge in [0.05, 0.1) is 4.90 Å². The average molecular weight is 389 g/mol. The number of carbonyl (C=O) groups excluding carboxylic acids is 1. The molecule has 0 N–H and O–H groups in total. The van der Waals surface area contributed by atoms with Gasteiger partial charge in [0.2, 0.25) is 10.0 Å². The number of carbonyl (C=O) groups is 1. The fraction of sp³-hybridized carbons (Fsp3) is 0.350. The van der Waals surface area contributed by atoms with E-state index in [1.807, 2.05) is 44.2 Å². The van der Waals surface area contributed by atoms with Crippen LogP contribution in [0.5, 0.6) is 0 Å². The highest BCUT2D eigenvalue weighted by Gasteiger charge is 2.23. The van der Waals surface area contributed by atoms with Crippen LogP contribution in [0.25, 0.3) is 0 Å². The lowest BCUT2D eigenvalue weighted by Crippen LogP contribution is -2.40. The first-order valence-corrected chi connectivity index (χ1v) is 10.5. The van der Waals surface area contributed by atoms with E-state index in [0.717, 1.165) is 23.3 Å². The normalized spacial score (nSPS) is 11.5. The largest absolute Gasteiger partial charge is 0.530 e. The van der Waals surface area contributed by atoms with Gasteiger partial charge in [0, 0.05) is 25.3 Å². The third-order valence-electron chi connectivity index (χ3n) is 4.14. The summed E-state index contributed by atoms with van der Waals surface area (Å²) in [4.78, 5) is 12.8. The van der Waals surface area contributed by atoms with Gasteiger partial charge in [-0.2, -0.15) is 4.31 Å². The molecule has 0 saturated carbocycles. The second kappa shape index (κ2) is 9.53. The van der Waals surface area contributed by atoms with E-state index in [1.54, 1.807) is 0 Å². The molecule has 0 radical (unpaired) electrons. The first-order valence-electron chi connectivity index (χ1n) is 9.02. The van der Waals surface area contributed by atoms with Crippen LogP contribution >= 0.6 is 0 Å². The van der Waals surface area contributed by atoms with Crippen LogP contribution in [-0.2, 0) is 16.6 Å². The summed E-state index contributed by atoms with van der Waals surface area (Å²) in [7, 11) is -3.60. The molecule has 0 heterocycles. The zero-order valence-corrected chi connectivity index (χ0v) is 16.5. The minimum atomic E-state index is -3.60. The number of rotatable bonds is 9. The van der Waals surface area contributed by atoms with Crippen molar-refractivity contribution in [3.8, 4) is 0 Å². The molecule has 0 saturated heterocycles. The van der Waals surface area contributed by atoms with Gasteiger partial charge in [0.15, 0.2) is 0 Å². The van der Waals surface area contributed by atoms with E-state index in [9.17, 15) is 18.3 Å². The van der Waals surface area contributed by atoms with Crippen molar-refractivity contribution in [3.63, 3.8) is 0 Å². The van der Waals surface area contributed by atoms with Crippen molar-refractivity contribution in [2.24, 2.45) is 0 Å². The van der Waals surface area contributed by atoms with Gasteiger partial charge < -0.3 is 14.8 Å². The molecule has 7 heteroatoms. The van der Waals surface area contributed by atoms with E-state index in [0.29, 0.717) is 18.8 Å².